The van der Waals surface area contributed by atoms with Gasteiger partial charge in [0.1, 0.15) is 5.82 Å². The van der Waals surface area contributed by atoms with Crippen LogP contribution in [0.4, 0.5) is 0 Å². The van der Waals surface area contributed by atoms with Gasteiger partial charge in [0.2, 0.25) is 5.91 Å². The van der Waals surface area contributed by atoms with Gasteiger partial charge in [0.05, 0.1) is 6.54 Å². The summed E-state index contributed by atoms with van der Waals surface area (Å²) in [7, 11) is 1.91. The molecule has 1 aromatic rings. The molecular weight excluding hydrogens is 204 g/mol. The maximum atomic E-state index is 11.7. The summed E-state index contributed by atoms with van der Waals surface area (Å²) in [5.41, 5.74) is 5.40. The first kappa shape index (κ1) is 12.7. The highest BCUT2D eigenvalue weighted by Crippen LogP contribution is 2.04. The van der Waals surface area contributed by atoms with E-state index in [1.54, 1.807) is 6.20 Å². The third-order valence-electron chi connectivity index (χ3n) is 2.63. The van der Waals surface area contributed by atoms with E-state index < -0.39 is 0 Å². The Bertz CT molecular complexity index is 334. The van der Waals surface area contributed by atoms with Crippen LogP contribution in [0.2, 0.25) is 0 Å². The lowest BCUT2D eigenvalue weighted by molar-refractivity contribution is -0.124. The van der Waals surface area contributed by atoms with Crippen molar-refractivity contribution < 1.29 is 4.79 Å². The molecule has 5 heteroatoms. The van der Waals surface area contributed by atoms with Crippen molar-refractivity contribution in [3.8, 4) is 0 Å². The van der Waals surface area contributed by atoms with Crippen LogP contribution in [-0.2, 0) is 18.4 Å². The summed E-state index contributed by atoms with van der Waals surface area (Å²) >= 11 is 0. The minimum absolute atomic E-state index is 0.0174. The number of carbonyl (C=O) groups is 1. The molecule has 3 N–H and O–H groups in total. The first-order valence-electron chi connectivity index (χ1n) is 5.59. The third kappa shape index (κ3) is 3.66. The Labute approximate surface area is 96.0 Å². The molecule has 5 nitrogen and oxygen atoms in total. The van der Waals surface area contributed by atoms with Crippen LogP contribution in [0.1, 0.15) is 25.6 Å². The van der Waals surface area contributed by atoms with E-state index in [4.69, 9.17) is 5.73 Å². The average Bonchev–Trinajstić information content (AvgIpc) is 2.68. The molecule has 0 saturated carbocycles. The van der Waals surface area contributed by atoms with Crippen molar-refractivity contribution in [1.82, 2.24) is 14.9 Å². The number of rotatable bonds is 6. The second-order valence-electron chi connectivity index (χ2n) is 4.00. The predicted molar refractivity (Wildman–Crippen MR) is 62.5 cm³/mol. The van der Waals surface area contributed by atoms with Gasteiger partial charge in [-0.15, -0.1) is 0 Å². The number of hydrogen-bond acceptors (Lipinski definition) is 3. The fourth-order valence-electron chi connectivity index (χ4n) is 1.46. The Morgan fingerprint density at radius 1 is 1.69 bits per heavy atom. The summed E-state index contributed by atoms with van der Waals surface area (Å²) in [4.78, 5) is 15.8. The van der Waals surface area contributed by atoms with Gasteiger partial charge in [0.25, 0.3) is 0 Å². The van der Waals surface area contributed by atoms with E-state index in [0.29, 0.717) is 13.1 Å². The van der Waals surface area contributed by atoms with Crippen molar-refractivity contribution in [2.45, 2.75) is 26.3 Å². The number of amides is 1. The molecule has 0 saturated heterocycles. The van der Waals surface area contributed by atoms with Gasteiger partial charge in [-0.2, -0.15) is 0 Å². The molecule has 0 aliphatic rings. The van der Waals surface area contributed by atoms with Crippen LogP contribution in [0.25, 0.3) is 0 Å². The summed E-state index contributed by atoms with van der Waals surface area (Å²) in [5.74, 6) is 0.944. The SMILES string of the molecule is CC(CCCN)C(=O)NCc1nccn1C. The topological polar surface area (TPSA) is 72.9 Å². The Hall–Kier alpha value is -1.36. The van der Waals surface area contributed by atoms with Crippen molar-refractivity contribution >= 4 is 5.91 Å². The molecule has 0 aliphatic carbocycles. The van der Waals surface area contributed by atoms with E-state index in [2.05, 4.69) is 10.3 Å². The summed E-state index contributed by atoms with van der Waals surface area (Å²) in [6, 6.07) is 0. The molecule has 16 heavy (non-hydrogen) atoms. The lowest BCUT2D eigenvalue weighted by Gasteiger charge is -2.11. The number of aryl methyl sites for hydroxylation is 1. The van der Waals surface area contributed by atoms with E-state index in [9.17, 15) is 4.79 Å². The molecular formula is C11H20N4O. The van der Waals surface area contributed by atoms with Crippen LogP contribution in [-0.4, -0.2) is 22.0 Å². The Kier molecular flexibility index (Phi) is 4.98. The largest absolute Gasteiger partial charge is 0.349 e. The van der Waals surface area contributed by atoms with Gasteiger partial charge in [-0.25, -0.2) is 4.98 Å². The Balaban J connectivity index is 2.32. The van der Waals surface area contributed by atoms with Crippen molar-refractivity contribution in [3.05, 3.63) is 18.2 Å². The number of carbonyl (C=O) groups excluding carboxylic acids is 1. The van der Waals surface area contributed by atoms with E-state index >= 15 is 0 Å². The molecule has 0 fully saturated rings. The molecule has 0 aromatic carbocycles. The number of nitrogens with two attached hydrogens (primary N) is 1. The van der Waals surface area contributed by atoms with Gasteiger partial charge < -0.3 is 15.6 Å². The molecule has 1 rings (SSSR count). The van der Waals surface area contributed by atoms with Gasteiger partial charge in [-0.3, -0.25) is 4.79 Å². The summed E-state index contributed by atoms with van der Waals surface area (Å²) in [6.07, 6.45) is 5.30. The van der Waals surface area contributed by atoms with Crippen LogP contribution in [0.5, 0.6) is 0 Å². The molecule has 1 amide bonds. The fourth-order valence-corrected chi connectivity index (χ4v) is 1.46. The van der Waals surface area contributed by atoms with Gasteiger partial charge in [0, 0.05) is 25.4 Å². The molecule has 0 spiro atoms. The molecule has 1 heterocycles. The fraction of sp³-hybridized carbons (Fsp3) is 0.636. The average molecular weight is 224 g/mol. The smallest absolute Gasteiger partial charge is 0.223 e. The van der Waals surface area contributed by atoms with Gasteiger partial charge in [0.15, 0.2) is 0 Å². The molecule has 1 unspecified atom stereocenters. The maximum Gasteiger partial charge on any atom is 0.223 e. The molecule has 0 bridgehead atoms. The molecule has 0 aliphatic heterocycles. The number of imidazole rings is 1. The monoisotopic (exact) mass is 224 g/mol. The molecule has 90 valence electrons. The number of hydrogen-bond donors (Lipinski definition) is 2. The van der Waals surface area contributed by atoms with Gasteiger partial charge in [-0.05, 0) is 19.4 Å². The van der Waals surface area contributed by atoms with Crippen molar-refractivity contribution in [3.63, 3.8) is 0 Å². The van der Waals surface area contributed by atoms with Crippen LogP contribution in [0, 0.1) is 5.92 Å². The quantitative estimate of drug-likeness (QED) is 0.735. The second kappa shape index (κ2) is 6.27. The highest BCUT2D eigenvalue weighted by atomic mass is 16.1. The summed E-state index contributed by atoms with van der Waals surface area (Å²) in [6.45, 7) is 3.04. The minimum Gasteiger partial charge on any atom is -0.349 e. The lowest BCUT2D eigenvalue weighted by atomic mass is 10.1. The van der Waals surface area contributed by atoms with E-state index in [-0.39, 0.29) is 11.8 Å². The summed E-state index contributed by atoms with van der Waals surface area (Å²) < 4.78 is 1.89. The number of aromatic nitrogens is 2. The number of nitrogens with zero attached hydrogens (tertiary/aromatic N) is 2. The maximum absolute atomic E-state index is 11.7. The highest BCUT2D eigenvalue weighted by molar-refractivity contribution is 5.78. The van der Waals surface area contributed by atoms with E-state index in [0.717, 1.165) is 18.7 Å². The van der Waals surface area contributed by atoms with Crippen molar-refractivity contribution in [1.29, 1.82) is 0 Å². The minimum atomic E-state index is 0.0174. The molecule has 0 radical (unpaired) electrons. The van der Waals surface area contributed by atoms with Gasteiger partial charge in [-0.1, -0.05) is 6.92 Å². The molecule has 1 aromatic heterocycles. The zero-order chi connectivity index (χ0) is 12.0. The molecule has 1 atom stereocenters. The van der Waals surface area contributed by atoms with Gasteiger partial charge >= 0.3 is 0 Å². The Morgan fingerprint density at radius 2 is 2.44 bits per heavy atom. The van der Waals surface area contributed by atoms with E-state index in [1.165, 1.54) is 0 Å². The first-order valence-corrected chi connectivity index (χ1v) is 5.59. The van der Waals surface area contributed by atoms with Crippen LogP contribution in [0.3, 0.4) is 0 Å². The standard InChI is InChI=1S/C11H20N4O/c1-9(4-3-5-12)11(16)14-8-10-13-6-7-15(10)2/h6-7,9H,3-5,8,12H2,1-2H3,(H,14,16). The second-order valence-corrected chi connectivity index (χ2v) is 4.00. The number of nitrogens with one attached hydrogen (secondary N) is 1. The third-order valence-corrected chi connectivity index (χ3v) is 2.63. The lowest BCUT2D eigenvalue weighted by Crippen LogP contribution is -2.30. The first-order chi connectivity index (χ1) is 7.65. The normalized spacial score (nSPS) is 12.4. The predicted octanol–water partition coefficient (Wildman–Crippen LogP) is 0.411. The Morgan fingerprint density at radius 3 is 3.00 bits per heavy atom. The van der Waals surface area contributed by atoms with Crippen molar-refractivity contribution in [2.24, 2.45) is 18.7 Å². The van der Waals surface area contributed by atoms with Crippen LogP contribution >= 0.6 is 0 Å². The highest BCUT2D eigenvalue weighted by Gasteiger charge is 2.12. The van der Waals surface area contributed by atoms with Crippen LogP contribution < -0.4 is 11.1 Å². The zero-order valence-electron chi connectivity index (χ0n) is 9.94. The van der Waals surface area contributed by atoms with Crippen LogP contribution in [0.15, 0.2) is 12.4 Å². The summed E-state index contributed by atoms with van der Waals surface area (Å²) in [5, 5.41) is 2.87. The van der Waals surface area contributed by atoms with Crippen molar-refractivity contribution in [2.75, 3.05) is 6.54 Å². The zero-order valence-corrected chi connectivity index (χ0v) is 9.94. The van der Waals surface area contributed by atoms with E-state index in [1.807, 2.05) is 24.7 Å².